The van der Waals surface area contributed by atoms with Crippen LogP contribution in [0.4, 0.5) is 0 Å². The van der Waals surface area contributed by atoms with Crippen molar-refractivity contribution in [2.24, 2.45) is 0 Å². The summed E-state index contributed by atoms with van der Waals surface area (Å²) in [6.07, 6.45) is 2.06. The summed E-state index contributed by atoms with van der Waals surface area (Å²) in [6, 6.07) is 0. The molecule has 0 radical (unpaired) electrons. The van der Waals surface area contributed by atoms with Gasteiger partial charge < -0.3 is 15.3 Å². The second-order valence-electron chi connectivity index (χ2n) is 2.74. The fraction of sp³-hybridized carbons (Fsp3) is 0.571. The summed E-state index contributed by atoms with van der Waals surface area (Å²) in [4.78, 5) is 10.4. The van der Waals surface area contributed by atoms with Crippen LogP contribution in [0.15, 0.2) is 12.2 Å². The number of hydrogen-bond donors (Lipinski definition) is 3. The lowest BCUT2D eigenvalue weighted by atomic mass is 9.88. The normalized spacial score (nSPS) is 37.1. The molecule has 4 nitrogen and oxygen atoms in total. The minimum Gasteiger partial charge on any atom is -0.479 e. The third-order valence-electron chi connectivity index (χ3n) is 1.76. The Labute approximate surface area is 63.8 Å². The maximum absolute atomic E-state index is 10.4. The summed E-state index contributed by atoms with van der Waals surface area (Å²) >= 11 is 0. The van der Waals surface area contributed by atoms with Gasteiger partial charge in [-0.1, -0.05) is 12.2 Å². The van der Waals surface area contributed by atoms with E-state index in [-0.39, 0.29) is 12.8 Å². The molecular formula is C7H10O4. The first-order chi connectivity index (χ1) is 5.04. The number of aliphatic hydroxyl groups is 2. The van der Waals surface area contributed by atoms with Crippen molar-refractivity contribution in [3.8, 4) is 0 Å². The van der Waals surface area contributed by atoms with Crippen LogP contribution in [0.25, 0.3) is 0 Å². The van der Waals surface area contributed by atoms with Gasteiger partial charge in [0, 0.05) is 12.8 Å². The number of carbonyl (C=O) groups is 1. The molecule has 4 heteroatoms. The molecule has 1 rings (SSSR count). The highest BCUT2D eigenvalue weighted by Gasteiger charge is 2.38. The third kappa shape index (κ3) is 1.58. The molecule has 62 valence electrons. The zero-order chi connectivity index (χ0) is 8.48. The predicted octanol–water partition coefficient (Wildman–Crippen LogP) is -0.487. The van der Waals surface area contributed by atoms with E-state index in [0.717, 1.165) is 0 Å². The molecule has 0 saturated heterocycles. The molecule has 0 bridgehead atoms. The molecule has 0 fully saturated rings. The fourth-order valence-corrected chi connectivity index (χ4v) is 1.09. The van der Waals surface area contributed by atoms with E-state index in [0.29, 0.717) is 0 Å². The van der Waals surface area contributed by atoms with Gasteiger partial charge in [-0.2, -0.15) is 0 Å². The molecule has 0 amide bonds. The van der Waals surface area contributed by atoms with Crippen LogP contribution < -0.4 is 0 Å². The fourth-order valence-electron chi connectivity index (χ4n) is 1.09. The largest absolute Gasteiger partial charge is 0.479 e. The summed E-state index contributed by atoms with van der Waals surface area (Å²) in [5, 5.41) is 26.8. The SMILES string of the molecule is O=C(O)C1(O)CC=CC(O)C1. The first-order valence-corrected chi connectivity index (χ1v) is 3.35. The Hall–Kier alpha value is -0.870. The molecule has 2 unspecified atom stereocenters. The highest BCUT2D eigenvalue weighted by molar-refractivity contribution is 5.77. The standard InChI is InChI=1S/C7H10O4/c8-5-2-1-3-7(11,4-5)6(9)10/h1-2,5,8,11H,3-4H2,(H,9,10). The molecule has 11 heavy (non-hydrogen) atoms. The van der Waals surface area contributed by atoms with E-state index >= 15 is 0 Å². The Bertz CT molecular complexity index is 199. The summed E-state index contributed by atoms with van der Waals surface area (Å²) in [6.45, 7) is 0. The second kappa shape index (κ2) is 2.64. The molecule has 0 aliphatic heterocycles. The van der Waals surface area contributed by atoms with Gasteiger partial charge in [-0.3, -0.25) is 0 Å². The van der Waals surface area contributed by atoms with Crippen LogP contribution in [0.1, 0.15) is 12.8 Å². The minimum absolute atomic E-state index is 0.0688. The van der Waals surface area contributed by atoms with E-state index in [1.54, 1.807) is 0 Å². The second-order valence-corrected chi connectivity index (χ2v) is 2.74. The Morgan fingerprint density at radius 2 is 2.27 bits per heavy atom. The summed E-state index contributed by atoms with van der Waals surface area (Å²) in [7, 11) is 0. The Morgan fingerprint density at radius 3 is 2.64 bits per heavy atom. The predicted molar refractivity (Wildman–Crippen MR) is 37.0 cm³/mol. The van der Waals surface area contributed by atoms with Crippen molar-refractivity contribution in [3.05, 3.63) is 12.2 Å². The first-order valence-electron chi connectivity index (χ1n) is 3.35. The van der Waals surface area contributed by atoms with Crippen molar-refractivity contribution in [2.75, 3.05) is 0 Å². The lowest BCUT2D eigenvalue weighted by Gasteiger charge is -2.26. The highest BCUT2D eigenvalue weighted by Crippen LogP contribution is 2.23. The van der Waals surface area contributed by atoms with Gasteiger partial charge in [0.05, 0.1) is 6.10 Å². The molecule has 0 aromatic rings. The molecule has 0 aromatic carbocycles. The number of aliphatic carboxylic acids is 1. The van der Waals surface area contributed by atoms with E-state index in [1.165, 1.54) is 12.2 Å². The minimum atomic E-state index is -1.77. The van der Waals surface area contributed by atoms with Crippen LogP contribution in [-0.4, -0.2) is 33.0 Å². The van der Waals surface area contributed by atoms with Crippen molar-refractivity contribution >= 4 is 5.97 Å². The van der Waals surface area contributed by atoms with Gasteiger partial charge in [0.15, 0.2) is 5.60 Å². The Kier molecular flexibility index (Phi) is 1.97. The smallest absolute Gasteiger partial charge is 0.336 e. The van der Waals surface area contributed by atoms with E-state index in [9.17, 15) is 9.90 Å². The highest BCUT2D eigenvalue weighted by atomic mass is 16.4. The number of aliphatic hydroxyl groups excluding tert-OH is 1. The van der Waals surface area contributed by atoms with Gasteiger partial charge in [-0.15, -0.1) is 0 Å². The topological polar surface area (TPSA) is 77.8 Å². The summed E-state index contributed by atoms with van der Waals surface area (Å²) in [5.74, 6) is -1.28. The van der Waals surface area contributed by atoms with Crippen LogP contribution in [0.5, 0.6) is 0 Å². The van der Waals surface area contributed by atoms with Gasteiger partial charge in [-0.25, -0.2) is 4.79 Å². The number of hydrogen-bond acceptors (Lipinski definition) is 3. The van der Waals surface area contributed by atoms with Crippen molar-refractivity contribution in [1.82, 2.24) is 0 Å². The third-order valence-corrected chi connectivity index (χ3v) is 1.76. The van der Waals surface area contributed by atoms with Crippen molar-refractivity contribution in [1.29, 1.82) is 0 Å². The van der Waals surface area contributed by atoms with Crippen LogP contribution in [-0.2, 0) is 4.79 Å². The number of carboxylic acids is 1. The molecule has 0 heterocycles. The molecule has 0 spiro atoms. The lowest BCUT2D eigenvalue weighted by Crippen LogP contribution is -2.42. The molecule has 1 aliphatic carbocycles. The zero-order valence-corrected chi connectivity index (χ0v) is 5.90. The van der Waals surface area contributed by atoms with Gasteiger partial charge in [0.25, 0.3) is 0 Å². The van der Waals surface area contributed by atoms with E-state index < -0.39 is 17.7 Å². The maximum Gasteiger partial charge on any atom is 0.336 e. The molecule has 0 saturated carbocycles. The van der Waals surface area contributed by atoms with Crippen LogP contribution in [0.2, 0.25) is 0 Å². The maximum atomic E-state index is 10.4. The average molecular weight is 158 g/mol. The lowest BCUT2D eigenvalue weighted by molar-refractivity contribution is -0.161. The van der Waals surface area contributed by atoms with Gasteiger partial charge in [-0.05, 0) is 0 Å². The summed E-state index contributed by atoms with van der Waals surface area (Å²) in [5.41, 5.74) is -1.77. The Balaban J connectivity index is 2.75. The molecule has 3 N–H and O–H groups in total. The van der Waals surface area contributed by atoms with Crippen molar-refractivity contribution < 1.29 is 20.1 Å². The van der Waals surface area contributed by atoms with Gasteiger partial charge in [0.1, 0.15) is 0 Å². The van der Waals surface area contributed by atoms with Gasteiger partial charge >= 0.3 is 5.97 Å². The molecule has 0 aromatic heterocycles. The van der Waals surface area contributed by atoms with E-state index in [1.807, 2.05) is 0 Å². The quantitative estimate of drug-likeness (QED) is 0.450. The van der Waals surface area contributed by atoms with Crippen LogP contribution >= 0.6 is 0 Å². The molecule has 1 aliphatic rings. The number of carboxylic acid groups (broad SMARTS) is 1. The van der Waals surface area contributed by atoms with Crippen LogP contribution in [0.3, 0.4) is 0 Å². The van der Waals surface area contributed by atoms with E-state index in [2.05, 4.69) is 0 Å². The first kappa shape index (κ1) is 8.23. The van der Waals surface area contributed by atoms with E-state index in [4.69, 9.17) is 10.2 Å². The molecule has 2 atom stereocenters. The average Bonchev–Trinajstić information content (AvgIpc) is 1.86. The summed E-state index contributed by atoms with van der Waals surface area (Å²) < 4.78 is 0. The zero-order valence-electron chi connectivity index (χ0n) is 5.90. The van der Waals surface area contributed by atoms with Crippen LogP contribution in [0, 0.1) is 0 Å². The van der Waals surface area contributed by atoms with Gasteiger partial charge in [0.2, 0.25) is 0 Å². The van der Waals surface area contributed by atoms with Crippen molar-refractivity contribution in [2.45, 2.75) is 24.5 Å². The molecular weight excluding hydrogens is 148 g/mol. The monoisotopic (exact) mass is 158 g/mol. The van der Waals surface area contributed by atoms with Crippen molar-refractivity contribution in [3.63, 3.8) is 0 Å². The Morgan fingerprint density at radius 1 is 1.64 bits per heavy atom. The number of rotatable bonds is 1.